The van der Waals surface area contributed by atoms with Gasteiger partial charge < -0.3 is 15.6 Å². The summed E-state index contributed by atoms with van der Waals surface area (Å²) >= 11 is 0. The summed E-state index contributed by atoms with van der Waals surface area (Å²) in [6.07, 6.45) is 5.08. The fourth-order valence-corrected chi connectivity index (χ4v) is 0.819. The highest BCUT2D eigenvalue weighted by atomic mass is 32.1. The smallest absolute Gasteiger partial charge is 0.0919 e. The number of nitrogens with zero attached hydrogens (tertiary/aromatic N) is 1. The van der Waals surface area contributed by atoms with Crippen LogP contribution in [0.3, 0.4) is 0 Å². The Balaban J connectivity index is 0.000000189. The lowest BCUT2D eigenvalue weighted by Crippen LogP contribution is -2.39. The second kappa shape index (κ2) is 8.58. The van der Waals surface area contributed by atoms with Gasteiger partial charge in [0.1, 0.15) is 0 Å². The minimum absolute atomic E-state index is 0. The lowest BCUT2D eigenvalue weighted by molar-refractivity contribution is 0.534. The van der Waals surface area contributed by atoms with Gasteiger partial charge in [-0.05, 0) is 0 Å². The van der Waals surface area contributed by atoms with Gasteiger partial charge in [0.05, 0.1) is 6.33 Å². The first-order valence-electron chi connectivity index (χ1n) is 3.84. The monoisotopic (exact) mass is 188 g/mol. The molecular formula is C7H16N4S. The van der Waals surface area contributed by atoms with Gasteiger partial charge in [-0.25, -0.2) is 4.98 Å². The summed E-state index contributed by atoms with van der Waals surface area (Å²) in [4.78, 5) is 6.42. The zero-order valence-electron chi connectivity index (χ0n) is 7.01. The number of hydrogen-bond acceptors (Lipinski definition) is 3. The summed E-state index contributed by atoms with van der Waals surface area (Å²) in [5.74, 6) is 0. The fraction of sp³-hybridized carbons (Fsp3) is 0.571. The molecule has 70 valence electrons. The summed E-state index contributed by atoms with van der Waals surface area (Å²) in [7, 11) is 0. The molecule has 0 radical (unpaired) electrons. The van der Waals surface area contributed by atoms with Gasteiger partial charge in [-0.2, -0.15) is 13.5 Å². The second-order valence-electron chi connectivity index (χ2n) is 2.26. The summed E-state index contributed by atoms with van der Waals surface area (Å²) in [5, 5.41) is 6.44. The van der Waals surface area contributed by atoms with Crippen molar-refractivity contribution < 1.29 is 0 Å². The van der Waals surface area contributed by atoms with Gasteiger partial charge in [0.25, 0.3) is 0 Å². The van der Waals surface area contributed by atoms with Gasteiger partial charge in [-0.1, -0.05) is 0 Å². The van der Waals surface area contributed by atoms with E-state index < -0.39 is 0 Å². The van der Waals surface area contributed by atoms with Crippen LogP contribution in [-0.4, -0.2) is 36.1 Å². The number of hydrogen-bond donors (Lipinski definition) is 3. The first-order chi connectivity index (χ1) is 5.50. The molecule has 2 rings (SSSR count). The predicted molar refractivity (Wildman–Crippen MR) is 54.7 cm³/mol. The minimum Gasteiger partial charge on any atom is -0.351 e. The average molecular weight is 188 g/mol. The number of aromatic amines is 1. The van der Waals surface area contributed by atoms with Crippen molar-refractivity contribution in [2.24, 2.45) is 0 Å². The normalized spacial score (nSPS) is 15.3. The van der Waals surface area contributed by atoms with E-state index in [0.717, 1.165) is 26.2 Å². The van der Waals surface area contributed by atoms with Crippen molar-refractivity contribution in [2.75, 3.05) is 26.2 Å². The Bertz CT molecular complexity index is 122. The highest BCUT2D eigenvalue weighted by molar-refractivity contribution is 7.59. The number of piperazine rings is 1. The molecule has 1 aromatic rings. The predicted octanol–water partition coefficient (Wildman–Crippen LogP) is -0.298. The molecular weight excluding hydrogens is 172 g/mol. The molecule has 2 heterocycles. The van der Waals surface area contributed by atoms with Gasteiger partial charge in [0.2, 0.25) is 0 Å². The zero-order valence-corrected chi connectivity index (χ0v) is 8.01. The third kappa shape index (κ3) is 6.21. The molecule has 0 aliphatic carbocycles. The SMILES string of the molecule is C1CNCCN1.S.c1c[nH]cn1. The van der Waals surface area contributed by atoms with Crippen molar-refractivity contribution in [1.29, 1.82) is 0 Å². The molecule has 1 aliphatic heterocycles. The second-order valence-corrected chi connectivity index (χ2v) is 2.26. The van der Waals surface area contributed by atoms with E-state index in [-0.39, 0.29) is 13.5 Å². The Morgan fingerprint density at radius 1 is 1.00 bits per heavy atom. The van der Waals surface area contributed by atoms with Crippen LogP contribution in [0, 0.1) is 0 Å². The molecule has 1 fully saturated rings. The molecule has 5 heteroatoms. The maximum atomic E-state index is 3.67. The van der Waals surface area contributed by atoms with E-state index in [4.69, 9.17) is 0 Å². The van der Waals surface area contributed by atoms with Crippen LogP contribution in [0.1, 0.15) is 0 Å². The van der Waals surface area contributed by atoms with E-state index in [2.05, 4.69) is 20.6 Å². The maximum Gasteiger partial charge on any atom is 0.0919 e. The van der Waals surface area contributed by atoms with Crippen molar-refractivity contribution in [3.8, 4) is 0 Å². The molecule has 1 aliphatic rings. The highest BCUT2D eigenvalue weighted by Gasteiger charge is 1.91. The van der Waals surface area contributed by atoms with Crippen molar-refractivity contribution in [1.82, 2.24) is 20.6 Å². The minimum atomic E-state index is 0. The molecule has 12 heavy (non-hydrogen) atoms. The Morgan fingerprint density at radius 3 is 1.75 bits per heavy atom. The number of aromatic nitrogens is 2. The molecule has 0 bridgehead atoms. The summed E-state index contributed by atoms with van der Waals surface area (Å²) in [6, 6.07) is 0. The summed E-state index contributed by atoms with van der Waals surface area (Å²) < 4.78 is 0. The van der Waals surface area contributed by atoms with E-state index in [9.17, 15) is 0 Å². The Kier molecular flexibility index (Phi) is 8.20. The lowest BCUT2D eigenvalue weighted by Gasteiger charge is -2.11. The van der Waals surface area contributed by atoms with E-state index in [1.54, 1.807) is 18.7 Å². The maximum absolute atomic E-state index is 3.67. The van der Waals surface area contributed by atoms with E-state index in [0.29, 0.717) is 0 Å². The van der Waals surface area contributed by atoms with Crippen LogP contribution in [0.4, 0.5) is 0 Å². The van der Waals surface area contributed by atoms with Gasteiger partial charge in [0, 0.05) is 38.6 Å². The zero-order chi connectivity index (χ0) is 7.78. The van der Waals surface area contributed by atoms with Gasteiger partial charge >= 0.3 is 0 Å². The molecule has 3 N–H and O–H groups in total. The Labute approximate surface area is 79.6 Å². The van der Waals surface area contributed by atoms with Crippen molar-refractivity contribution >= 4 is 13.5 Å². The van der Waals surface area contributed by atoms with Gasteiger partial charge in [-0.15, -0.1) is 0 Å². The number of nitrogens with one attached hydrogen (secondary N) is 3. The van der Waals surface area contributed by atoms with Crippen LogP contribution >= 0.6 is 13.5 Å². The van der Waals surface area contributed by atoms with Crippen LogP contribution in [-0.2, 0) is 0 Å². The van der Waals surface area contributed by atoms with Crippen LogP contribution in [0.5, 0.6) is 0 Å². The Morgan fingerprint density at radius 2 is 1.58 bits per heavy atom. The largest absolute Gasteiger partial charge is 0.351 e. The molecule has 0 spiro atoms. The summed E-state index contributed by atoms with van der Waals surface area (Å²) in [5.41, 5.74) is 0. The van der Waals surface area contributed by atoms with Gasteiger partial charge in [0.15, 0.2) is 0 Å². The van der Waals surface area contributed by atoms with Crippen LogP contribution < -0.4 is 10.6 Å². The number of imidazole rings is 1. The van der Waals surface area contributed by atoms with Crippen molar-refractivity contribution in [3.63, 3.8) is 0 Å². The molecule has 4 nitrogen and oxygen atoms in total. The molecule has 0 unspecified atom stereocenters. The summed E-state index contributed by atoms with van der Waals surface area (Å²) in [6.45, 7) is 4.56. The third-order valence-corrected chi connectivity index (χ3v) is 1.36. The van der Waals surface area contributed by atoms with Crippen LogP contribution in [0.15, 0.2) is 18.7 Å². The lowest BCUT2D eigenvalue weighted by atomic mass is 10.4. The van der Waals surface area contributed by atoms with Crippen LogP contribution in [0.25, 0.3) is 0 Å². The molecule has 1 saturated heterocycles. The molecule has 0 amide bonds. The molecule has 1 aromatic heterocycles. The van der Waals surface area contributed by atoms with Crippen molar-refractivity contribution in [3.05, 3.63) is 18.7 Å². The van der Waals surface area contributed by atoms with Crippen LogP contribution in [0.2, 0.25) is 0 Å². The fourth-order valence-electron chi connectivity index (χ4n) is 0.819. The van der Waals surface area contributed by atoms with E-state index in [1.807, 2.05) is 0 Å². The Hall–Kier alpha value is -0.520. The molecule has 0 saturated carbocycles. The first-order valence-corrected chi connectivity index (χ1v) is 3.84. The number of rotatable bonds is 0. The standard InChI is InChI=1S/C4H10N2.C3H4N2.H2S/c1-2-6-4-3-5-1;1-2-5-3-4-1;/h5-6H,1-4H2;1-3H,(H,4,5);1H2. The molecule has 0 aromatic carbocycles. The van der Waals surface area contributed by atoms with E-state index >= 15 is 0 Å². The first kappa shape index (κ1) is 11.5. The molecule has 0 atom stereocenters. The topological polar surface area (TPSA) is 52.7 Å². The van der Waals surface area contributed by atoms with E-state index in [1.165, 1.54) is 0 Å². The van der Waals surface area contributed by atoms with Crippen molar-refractivity contribution in [2.45, 2.75) is 0 Å². The highest BCUT2D eigenvalue weighted by Crippen LogP contribution is 1.65. The average Bonchev–Trinajstić information content (AvgIpc) is 2.64. The third-order valence-electron chi connectivity index (χ3n) is 1.36. The quantitative estimate of drug-likeness (QED) is 0.524. The number of H-pyrrole nitrogens is 1. The van der Waals surface area contributed by atoms with Gasteiger partial charge in [-0.3, -0.25) is 0 Å².